The highest BCUT2D eigenvalue weighted by atomic mass is 16.5. The van der Waals surface area contributed by atoms with E-state index in [0.717, 1.165) is 5.56 Å². The van der Waals surface area contributed by atoms with Crippen molar-refractivity contribution in [3.05, 3.63) is 59.3 Å². The van der Waals surface area contributed by atoms with Crippen molar-refractivity contribution in [3.8, 4) is 5.88 Å². The van der Waals surface area contributed by atoms with Gasteiger partial charge in [-0.1, -0.05) is 26.0 Å². The highest BCUT2D eigenvalue weighted by Crippen LogP contribution is 2.20. The molecule has 0 aliphatic heterocycles. The van der Waals surface area contributed by atoms with E-state index in [4.69, 9.17) is 4.74 Å². The van der Waals surface area contributed by atoms with Crippen LogP contribution in [0.25, 0.3) is 0 Å². The minimum Gasteiger partial charge on any atom is -0.404 e. The molecule has 0 bridgehead atoms. The van der Waals surface area contributed by atoms with E-state index in [1.807, 2.05) is 19.1 Å². The van der Waals surface area contributed by atoms with Gasteiger partial charge in [0.15, 0.2) is 0 Å². The van der Waals surface area contributed by atoms with Gasteiger partial charge in [-0.25, -0.2) is 9.78 Å². The Labute approximate surface area is 113 Å². The fraction of sp³-hybridized carbons (Fsp3) is 0.250. The van der Waals surface area contributed by atoms with E-state index in [1.54, 1.807) is 30.5 Å². The molecule has 0 fully saturated rings. The molecular formula is C16H17NO2. The Kier molecular flexibility index (Phi) is 3.95. The van der Waals surface area contributed by atoms with Crippen molar-refractivity contribution < 1.29 is 9.53 Å². The molecule has 0 radical (unpaired) electrons. The maximum atomic E-state index is 12.0. The van der Waals surface area contributed by atoms with Gasteiger partial charge in [-0.2, -0.15) is 0 Å². The van der Waals surface area contributed by atoms with Gasteiger partial charge in [0.25, 0.3) is 0 Å². The third kappa shape index (κ3) is 3.19. The largest absolute Gasteiger partial charge is 0.404 e. The monoisotopic (exact) mass is 255 g/mol. The number of nitrogens with zero attached hydrogens (tertiary/aromatic N) is 1. The second kappa shape index (κ2) is 5.65. The average Bonchev–Trinajstić information content (AvgIpc) is 2.39. The lowest BCUT2D eigenvalue weighted by atomic mass is 9.96. The number of pyridine rings is 1. The predicted molar refractivity (Wildman–Crippen MR) is 74.5 cm³/mol. The van der Waals surface area contributed by atoms with Crippen molar-refractivity contribution in [2.75, 3.05) is 0 Å². The van der Waals surface area contributed by atoms with Gasteiger partial charge in [-0.15, -0.1) is 0 Å². The van der Waals surface area contributed by atoms with Crippen LogP contribution >= 0.6 is 0 Å². The van der Waals surface area contributed by atoms with Gasteiger partial charge in [0.1, 0.15) is 0 Å². The van der Waals surface area contributed by atoms with Crippen LogP contribution in [0.1, 0.15) is 41.3 Å². The van der Waals surface area contributed by atoms with E-state index in [9.17, 15) is 4.79 Å². The Hall–Kier alpha value is -2.16. The molecule has 0 unspecified atom stereocenters. The number of benzene rings is 1. The molecule has 98 valence electrons. The van der Waals surface area contributed by atoms with E-state index < -0.39 is 0 Å². The standard InChI is InChI=1S/C16H17NO2/c1-11(2)14-8-7-13(10-12(14)3)16(18)19-15-6-4-5-9-17-15/h4-11H,1-3H3. The third-order valence-corrected chi connectivity index (χ3v) is 2.96. The van der Waals surface area contributed by atoms with Crippen LogP contribution in [-0.4, -0.2) is 11.0 Å². The van der Waals surface area contributed by atoms with Crippen molar-refractivity contribution in [1.29, 1.82) is 0 Å². The van der Waals surface area contributed by atoms with E-state index in [-0.39, 0.29) is 5.97 Å². The van der Waals surface area contributed by atoms with Crippen LogP contribution in [0.15, 0.2) is 42.6 Å². The number of esters is 1. The molecule has 3 heteroatoms. The Morgan fingerprint density at radius 3 is 2.58 bits per heavy atom. The summed E-state index contributed by atoms with van der Waals surface area (Å²) in [6.45, 7) is 6.27. The summed E-state index contributed by atoms with van der Waals surface area (Å²) in [5.74, 6) is 0.385. The highest BCUT2D eigenvalue weighted by Gasteiger charge is 2.11. The second-order valence-corrected chi connectivity index (χ2v) is 4.78. The molecule has 0 atom stereocenters. The van der Waals surface area contributed by atoms with Crippen LogP contribution in [-0.2, 0) is 0 Å². The van der Waals surface area contributed by atoms with Gasteiger partial charge in [-0.05, 0) is 42.2 Å². The van der Waals surface area contributed by atoms with Gasteiger partial charge in [-0.3, -0.25) is 0 Å². The SMILES string of the molecule is Cc1cc(C(=O)Oc2ccccn2)ccc1C(C)C. The maximum absolute atomic E-state index is 12.0. The van der Waals surface area contributed by atoms with Crippen molar-refractivity contribution in [3.63, 3.8) is 0 Å². The number of rotatable bonds is 3. The van der Waals surface area contributed by atoms with Crippen molar-refractivity contribution >= 4 is 5.97 Å². The second-order valence-electron chi connectivity index (χ2n) is 4.78. The maximum Gasteiger partial charge on any atom is 0.344 e. The molecule has 0 saturated heterocycles. The number of carbonyl (C=O) groups excluding carboxylic acids is 1. The number of hydrogen-bond donors (Lipinski definition) is 0. The molecule has 1 aromatic carbocycles. The minimum atomic E-state index is -0.378. The summed E-state index contributed by atoms with van der Waals surface area (Å²) in [5, 5.41) is 0. The first-order chi connectivity index (χ1) is 9.08. The van der Waals surface area contributed by atoms with Crippen LogP contribution < -0.4 is 4.74 Å². The van der Waals surface area contributed by atoms with E-state index in [2.05, 4.69) is 18.8 Å². The zero-order valence-corrected chi connectivity index (χ0v) is 11.4. The molecule has 0 aliphatic carbocycles. The fourth-order valence-corrected chi connectivity index (χ4v) is 2.01. The summed E-state index contributed by atoms with van der Waals surface area (Å²) in [4.78, 5) is 16.0. The number of aryl methyl sites for hydroxylation is 1. The predicted octanol–water partition coefficient (Wildman–Crippen LogP) is 3.73. The molecule has 19 heavy (non-hydrogen) atoms. The zero-order chi connectivity index (χ0) is 13.8. The lowest BCUT2D eigenvalue weighted by molar-refractivity contribution is 0.0727. The number of ether oxygens (including phenoxy) is 1. The summed E-state index contributed by atoms with van der Waals surface area (Å²) in [5.41, 5.74) is 2.90. The zero-order valence-electron chi connectivity index (χ0n) is 11.4. The molecule has 0 N–H and O–H groups in total. The van der Waals surface area contributed by atoms with Gasteiger partial charge in [0.2, 0.25) is 5.88 Å². The third-order valence-electron chi connectivity index (χ3n) is 2.96. The normalized spacial score (nSPS) is 10.5. The quantitative estimate of drug-likeness (QED) is 0.784. The summed E-state index contributed by atoms with van der Waals surface area (Å²) >= 11 is 0. The summed E-state index contributed by atoms with van der Waals surface area (Å²) in [6.07, 6.45) is 1.59. The first-order valence-electron chi connectivity index (χ1n) is 6.31. The molecule has 3 nitrogen and oxygen atoms in total. The van der Waals surface area contributed by atoms with E-state index in [0.29, 0.717) is 17.4 Å². The van der Waals surface area contributed by atoms with Gasteiger partial charge in [0.05, 0.1) is 5.56 Å². The summed E-state index contributed by atoms with van der Waals surface area (Å²) in [6, 6.07) is 10.9. The van der Waals surface area contributed by atoms with Crippen LogP contribution in [0.2, 0.25) is 0 Å². The van der Waals surface area contributed by atoms with Crippen molar-refractivity contribution in [1.82, 2.24) is 4.98 Å². The highest BCUT2D eigenvalue weighted by molar-refractivity contribution is 5.91. The molecule has 2 rings (SSSR count). The molecule has 0 aliphatic rings. The van der Waals surface area contributed by atoms with E-state index >= 15 is 0 Å². The van der Waals surface area contributed by atoms with Crippen LogP contribution in [0.5, 0.6) is 5.88 Å². The first kappa shape index (κ1) is 13.3. The minimum absolute atomic E-state index is 0.318. The van der Waals surface area contributed by atoms with Gasteiger partial charge < -0.3 is 4.74 Å². The topological polar surface area (TPSA) is 39.2 Å². The summed E-state index contributed by atoms with van der Waals surface area (Å²) in [7, 11) is 0. The van der Waals surface area contributed by atoms with Crippen molar-refractivity contribution in [2.24, 2.45) is 0 Å². The Morgan fingerprint density at radius 1 is 1.21 bits per heavy atom. The van der Waals surface area contributed by atoms with Crippen LogP contribution in [0.4, 0.5) is 0 Å². The molecular weight excluding hydrogens is 238 g/mol. The van der Waals surface area contributed by atoms with E-state index in [1.165, 1.54) is 5.56 Å². The Morgan fingerprint density at radius 2 is 2.00 bits per heavy atom. The first-order valence-corrected chi connectivity index (χ1v) is 6.31. The summed E-state index contributed by atoms with van der Waals surface area (Å²) < 4.78 is 5.21. The molecule has 1 heterocycles. The number of aromatic nitrogens is 1. The lowest BCUT2D eigenvalue weighted by Crippen LogP contribution is -2.10. The average molecular weight is 255 g/mol. The molecule has 2 aromatic rings. The lowest BCUT2D eigenvalue weighted by Gasteiger charge is -2.11. The molecule has 0 spiro atoms. The van der Waals surface area contributed by atoms with Gasteiger partial charge in [0, 0.05) is 12.3 Å². The van der Waals surface area contributed by atoms with Gasteiger partial charge >= 0.3 is 5.97 Å². The number of hydrogen-bond acceptors (Lipinski definition) is 3. The number of carbonyl (C=O) groups is 1. The Balaban J connectivity index is 2.18. The Bertz CT molecular complexity index is 577. The van der Waals surface area contributed by atoms with Crippen molar-refractivity contribution in [2.45, 2.75) is 26.7 Å². The molecule has 0 saturated carbocycles. The van der Waals surface area contributed by atoms with Crippen LogP contribution in [0.3, 0.4) is 0 Å². The molecule has 0 amide bonds. The van der Waals surface area contributed by atoms with Crippen LogP contribution in [0, 0.1) is 6.92 Å². The molecule has 1 aromatic heterocycles. The smallest absolute Gasteiger partial charge is 0.344 e. The fourth-order valence-electron chi connectivity index (χ4n) is 2.01.